The van der Waals surface area contributed by atoms with Crippen molar-refractivity contribution < 1.29 is 19.4 Å². The Morgan fingerprint density at radius 3 is 2.52 bits per heavy atom. The number of carboxylic acids is 1. The van der Waals surface area contributed by atoms with E-state index in [2.05, 4.69) is 10.3 Å². The minimum absolute atomic E-state index is 0.0383. The molecule has 0 unspecified atom stereocenters. The highest BCUT2D eigenvalue weighted by Crippen LogP contribution is 2.25. The number of rotatable bonds is 6. The molecule has 0 bridgehead atoms. The van der Waals surface area contributed by atoms with Crippen LogP contribution in [0, 0.1) is 5.41 Å². The van der Waals surface area contributed by atoms with Crippen molar-refractivity contribution in [3.05, 3.63) is 35.3 Å². The average molecular weight is 334 g/mol. The summed E-state index contributed by atoms with van der Waals surface area (Å²) in [6.45, 7) is 3.15. The number of aromatic nitrogens is 1. The average Bonchev–Trinajstić information content (AvgIpc) is 3.02. The smallest absolute Gasteiger partial charge is 0.310 e. The fourth-order valence-electron chi connectivity index (χ4n) is 1.71. The molecule has 2 rings (SSSR count). The fourth-order valence-corrected chi connectivity index (χ4v) is 2.52. The second kappa shape index (κ2) is 6.78. The predicted molar refractivity (Wildman–Crippen MR) is 87.9 cm³/mol. The molecule has 0 saturated carbocycles. The van der Waals surface area contributed by atoms with Gasteiger partial charge >= 0.3 is 5.97 Å². The van der Waals surface area contributed by atoms with Gasteiger partial charge in [-0.25, -0.2) is 4.98 Å². The van der Waals surface area contributed by atoms with E-state index in [1.807, 2.05) is 24.3 Å². The van der Waals surface area contributed by atoms with Crippen LogP contribution < -0.4 is 10.1 Å². The lowest BCUT2D eigenvalue weighted by atomic mass is 9.94. The van der Waals surface area contributed by atoms with Crippen LogP contribution in [0.3, 0.4) is 0 Å². The maximum Gasteiger partial charge on any atom is 0.310 e. The van der Waals surface area contributed by atoms with Crippen LogP contribution in [0.15, 0.2) is 29.6 Å². The Kier molecular flexibility index (Phi) is 5.00. The first-order valence-electron chi connectivity index (χ1n) is 6.95. The molecule has 122 valence electrons. The molecule has 0 fully saturated rings. The lowest BCUT2D eigenvalue weighted by Gasteiger charge is -2.18. The van der Waals surface area contributed by atoms with Crippen molar-refractivity contribution >= 4 is 23.2 Å². The summed E-state index contributed by atoms with van der Waals surface area (Å²) >= 11 is 1.36. The zero-order valence-corrected chi connectivity index (χ0v) is 13.9. The van der Waals surface area contributed by atoms with Gasteiger partial charge < -0.3 is 15.2 Å². The lowest BCUT2D eigenvalue weighted by molar-refractivity contribution is -0.146. The van der Waals surface area contributed by atoms with Crippen molar-refractivity contribution in [2.24, 2.45) is 5.41 Å². The van der Waals surface area contributed by atoms with Crippen LogP contribution in [0.2, 0.25) is 0 Å². The summed E-state index contributed by atoms with van der Waals surface area (Å²) in [6, 6.07) is 7.39. The van der Waals surface area contributed by atoms with E-state index < -0.39 is 11.4 Å². The number of carboxylic acid groups (broad SMARTS) is 1. The lowest BCUT2D eigenvalue weighted by Crippen LogP contribution is -2.39. The molecule has 0 spiro atoms. The molecule has 0 atom stereocenters. The molecule has 0 aliphatic carbocycles. The van der Waals surface area contributed by atoms with E-state index in [-0.39, 0.29) is 18.1 Å². The van der Waals surface area contributed by atoms with E-state index in [1.54, 1.807) is 26.3 Å². The zero-order chi connectivity index (χ0) is 17.0. The number of aliphatic carboxylic acids is 1. The molecule has 6 nitrogen and oxygen atoms in total. The molecule has 23 heavy (non-hydrogen) atoms. The van der Waals surface area contributed by atoms with Crippen molar-refractivity contribution in [3.8, 4) is 16.3 Å². The third kappa shape index (κ3) is 4.07. The molecule has 1 amide bonds. The minimum atomic E-state index is -1.02. The summed E-state index contributed by atoms with van der Waals surface area (Å²) in [5, 5.41) is 14.0. The Labute approximate surface area is 138 Å². The van der Waals surface area contributed by atoms with Crippen LogP contribution in [-0.4, -0.2) is 35.6 Å². The number of amides is 1. The standard InChI is InChI=1S/C16H18N2O4S/c1-16(2,15(20)21)9-17-13(19)12-8-23-14(18-12)10-4-6-11(22-3)7-5-10/h4-8H,9H2,1-3H3,(H,17,19)(H,20,21). The third-order valence-electron chi connectivity index (χ3n) is 3.34. The summed E-state index contributed by atoms with van der Waals surface area (Å²) in [5.74, 6) is -0.593. The number of carbonyl (C=O) groups excluding carboxylic acids is 1. The first-order valence-corrected chi connectivity index (χ1v) is 7.83. The predicted octanol–water partition coefficient (Wildman–Crippen LogP) is 2.66. The number of hydrogen-bond acceptors (Lipinski definition) is 5. The maximum absolute atomic E-state index is 12.1. The highest BCUT2D eigenvalue weighted by atomic mass is 32.1. The van der Waals surface area contributed by atoms with Crippen molar-refractivity contribution in [2.75, 3.05) is 13.7 Å². The van der Waals surface area contributed by atoms with Gasteiger partial charge in [-0.05, 0) is 38.1 Å². The topological polar surface area (TPSA) is 88.5 Å². The van der Waals surface area contributed by atoms with Crippen LogP contribution in [-0.2, 0) is 4.79 Å². The van der Waals surface area contributed by atoms with E-state index in [1.165, 1.54) is 11.3 Å². The third-order valence-corrected chi connectivity index (χ3v) is 4.23. The number of methoxy groups -OCH3 is 1. The Morgan fingerprint density at radius 1 is 1.30 bits per heavy atom. The highest BCUT2D eigenvalue weighted by Gasteiger charge is 2.28. The number of nitrogens with zero attached hydrogens (tertiary/aromatic N) is 1. The van der Waals surface area contributed by atoms with Crippen LogP contribution in [0.4, 0.5) is 0 Å². The van der Waals surface area contributed by atoms with Gasteiger partial charge in [0.1, 0.15) is 16.5 Å². The molecule has 1 heterocycles. The summed E-state index contributed by atoms with van der Waals surface area (Å²) < 4.78 is 5.10. The highest BCUT2D eigenvalue weighted by molar-refractivity contribution is 7.13. The molecule has 0 saturated heterocycles. The van der Waals surface area contributed by atoms with Crippen LogP contribution in [0.5, 0.6) is 5.75 Å². The number of nitrogens with one attached hydrogen (secondary N) is 1. The summed E-state index contributed by atoms with van der Waals surface area (Å²) in [4.78, 5) is 27.4. The van der Waals surface area contributed by atoms with Gasteiger partial charge in [0.15, 0.2) is 0 Å². The second-order valence-electron chi connectivity index (χ2n) is 5.64. The molecule has 2 aromatic rings. The van der Waals surface area contributed by atoms with E-state index in [0.29, 0.717) is 0 Å². The normalized spacial score (nSPS) is 11.1. The Morgan fingerprint density at radius 2 is 1.96 bits per heavy atom. The largest absolute Gasteiger partial charge is 0.497 e. The van der Waals surface area contributed by atoms with E-state index in [0.717, 1.165) is 16.3 Å². The fraction of sp³-hybridized carbons (Fsp3) is 0.312. The number of ether oxygens (including phenoxy) is 1. The van der Waals surface area contributed by atoms with Crippen LogP contribution in [0.1, 0.15) is 24.3 Å². The van der Waals surface area contributed by atoms with Gasteiger partial charge in [-0.2, -0.15) is 0 Å². The molecular formula is C16H18N2O4S. The van der Waals surface area contributed by atoms with Gasteiger partial charge in [-0.15, -0.1) is 11.3 Å². The van der Waals surface area contributed by atoms with E-state index in [4.69, 9.17) is 9.84 Å². The Balaban J connectivity index is 2.06. The molecule has 2 N–H and O–H groups in total. The molecular weight excluding hydrogens is 316 g/mol. The quantitative estimate of drug-likeness (QED) is 0.848. The Bertz CT molecular complexity index is 707. The molecule has 0 radical (unpaired) electrons. The first kappa shape index (κ1) is 17.0. The van der Waals surface area contributed by atoms with Crippen LogP contribution in [0.25, 0.3) is 10.6 Å². The molecule has 1 aromatic carbocycles. The van der Waals surface area contributed by atoms with Gasteiger partial charge in [-0.1, -0.05) is 0 Å². The maximum atomic E-state index is 12.1. The summed E-state index contributed by atoms with van der Waals surface area (Å²) in [5.41, 5.74) is 0.146. The number of benzene rings is 1. The minimum Gasteiger partial charge on any atom is -0.497 e. The van der Waals surface area contributed by atoms with E-state index in [9.17, 15) is 9.59 Å². The first-order chi connectivity index (χ1) is 10.8. The molecule has 7 heteroatoms. The zero-order valence-electron chi connectivity index (χ0n) is 13.1. The second-order valence-corrected chi connectivity index (χ2v) is 6.50. The summed E-state index contributed by atoms with van der Waals surface area (Å²) in [7, 11) is 1.60. The monoisotopic (exact) mass is 334 g/mol. The van der Waals surface area contributed by atoms with Gasteiger partial charge in [0.05, 0.1) is 12.5 Å². The van der Waals surface area contributed by atoms with Crippen molar-refractivity contribution in [3.63, 3.8) is 0 Å². The SMILES string of the molecule is COc1ccc(-c2nc(C(=O)NCC(C)(C)C(=O)O)cs2)cc1. The van der Waals surface area contributed by atoms with Crippen molar-refractivity contribution in [1.29, 1.82) is 0 Å². The van der Waals surface area contributed by atoms with Crippen molar-refractivity contribution in [2.45, 2.75) is 13.8 Å². The molecule has 1 aromatic heterocycles. The van der Waals surface area contributed by atoms with Crippen LogP contribution >= 0.6 is 11.3 Å². The van der Waals surface area contributed by atoms with Gasteiger partial charge in [-0.3, -0.25) is 9.59 Å². The van der Waals surface area contributed by atoms with Gasteiger partial charge in [0, 0.05) is 17.5 Å². The van der Waals surface area contributed by atoms with Gasteiger partial charge in [0.25, 0.3) is 5.91 Å². The Hall–Kier alpha value is -2.41. The number of carbonyl (C=O) groups is 2. The number of thiazole rings is 1. The van der Waals surface area contributed by atoms with Crippen molar-refractivity contribution in [1.82, 2.24) is 10.3 Å². The van der Waals surface area contributed by atoms with Gasteiger partial charge in [0.2, 0.25) is 0 Å². The molecule has 0 aliphatic rings. The van der Waals surface area contributed by atoms with E-state index >= 15 is 0 Å². The molecule has 0 aliphatic heterocycles. The summed E-state index contributed by atoms with van der Waals surface area (Å²) in [6.07, 6.45) is 0. The number of hydrogen-bond donors (Lipinski definition) is 2.